The zero-order valence-electron chi connectivity index (χ0n) is 13.5. The minimum absolute atomic E-state index is 1.18. The third kappa shape index (κ3) is 5.76. The first-order chi connectivity index (χ1) is 9.16. The smallest absolute Gasteiger partial charge is 0.181 e. The molecule has 108 valence electrons. The van der Waals surface area contributed by atoms with Gasteiger partial charge in [-0.05, 0) is 25.8 Å². The topological polar surface area (TPSA) is 3.88 Å². The van der Waals surface area contributed by atoms with Crippen LogP contribution < -0.4 is 4.57 Å². The van der Waals surface area contributed by atoms with Crippen LogP contribution in [0.25, 0.3) is 0 Å². The predicted molar refractivity (Wildman–Crippen MR) is 83.5 cm³/mol. The van der Waals surface area contributed by atoms with Crippen LogP contribution in [0.15, 0.2) is 12.3 Å². The van der Waals surface area contributed by atoms with E-state index in [1.807, 2.05) is 0 Å². The summed E-state index contributed by atoms with van der Waals surface area (Å²) in [6, 6.07) is 2.24. The molecular weight excluding hydrogens is 230 g/mol. The molecule has 0 aliphatic rings. The molecule has 0 atom stereocenters. The van der Waals surface area contributed by atoms with Gasteiger partial charge in [0, 0.05) is 25.0 Å². The molecule has 1 rings (SSSR count). The largest absolute Gasteiger partial charge is 0.202 e. The monoisotopic (exact) mass is 262 g/mol. The van der Waals surface area contributed by atoms with Crippen molar-refractivity contribution in [1.29, 1.82) is 0 Å². The van der Waals surface area contributed by atoms with Gasteiger partial charge in [-0.25, -0.2) is 4.57 Å². The molecule has 0 aromatic carbocycles. The van der Waals surface area contributed by atoms with Crippen LogP contribution in [-0.4, -0.2) is 0 Å². The second-order valence-corrected chi connectivity index (χ2v) is 5.88. The van der Waals surface area contributed by atoms with Gasteiger partial charge in [0.05, 0.1) is 0 Å². The number of aryl methyl sites for hydroxylation is 2. The van der Waals surface area contributed by atoms with E-state index >= 15 is 0 Å². The Morgan fingerprint density at radius 1 is 0.842 bits per heavy atom. The number of rotatable bonds is 9. The third-order valence-corrected chi connectivity index (χ3v) is 4.32. The van der Waals surface area contributed by atoms with Crippen LogP contribution in [0.2, 0.25) is 0 Å². The fourth-order valence-corrected chi connectivity index (χ4v) is 2.60. The van der Waals surface area contributed by atoms with E-state index in [4.69, 9.17) is 0 Å². The summed E-state index contributed by atoms with van der Waals surface area (Å²) in [6.45, 7) is 10.1. The Bertz CT molecular complexity index is 368. The number of aromatic nitrogens is 1. The summed E-state index contributed by atoms with van der Waals surface area (Å²) in [6.07, 6.45) is 13.4. The Morgan fingerprint density at radius 3 is 2.05 bits per heavy atom. The number of nitrogens with zero attached hydrogens (tertiary/aromatic N) is 1. The first-order valence-corrected chi connectivity index (χ1v) is 8.13. The highest BCUT2D eigenvalue weighted by atomic mass is 14.9. The molecule has 0 unspecified atom stereocenters. The maximum Gasteiger partial charge on any atom is 0.181 e. The molecule has 0 N–H and O–H groups in total. The second kappa shape index (κ2) is 9.12. The van der Waals surface area contributed by atoms with Crippen LogP contribution in [0.4, 0.5) is 0 Å². The zero-order chi connectivity index (χ0) is 14.1. The molecule has 1 heterocycles. The first-order valence-electron chi connectivity index (χ1n) is 8.13. The van der Waals surface area contributed by atoms with Gasteiger partial charge in [-0.2, -0.15) is 0 Å². The van der Waals surface area contributed by atoms with E-state index in [2.05, 4.69) is 44.5 Å². The van der Waals surface area contributed by atoms with E-state index in [0.29, 0.717) is 0 Å². The summed E-state index contributed by atoms with van der Waals surface area (Å²) < 4.78 is 2.42. The van der Waals surface area contributed by atoms with Crippen LogP contribution in [0.3, 0.4) is 0 Å². The van der Waals surface area contributed by atoms with Crippen molar-refractivity contribution >= 4 is 0 Å². The lowest BCUT2D eigenvalue weighted by molar-refractivity contribution is -0.703. The standard InChI is InChI=1S/C18H32N/c1-5-6-7-8-9-10-11-12-14-19-15-13-16(2)17(3)18(19)4/h13,15H,5-12,14H2,1-4H3/q+1. The van der Waals surface area contributed by atoms with E-state index in [1.165, 1.54) is 74.7 Å². The maximum atomic E-state index is 2.42. The molecule has 0 aliphatic heterocycles. The van der Waals surface area contributed by atoms with Gasteiger partial charge in [0.2, 0.25) is 0 Å². The predicted octanol–water partition coefficient (Wildman–Crippen LogP) is 5.04. The molecule has 0 spiro atoms. The summed E-state index contributed by atoms with van der Waals surface area (Å²) >= 11 is 0. The molecule has 0 amide bonds. The molecule has 0 bridgehead atoms. The van der Waals surface area contributed by atoms with Gasteiger partial charge in [0.1, 0.15) is 6.54 Å². The Hall–Kier alpha value is -0.850. The molecule has 1 nitrogen and oxygen atoms in total. The molecule has 19 heavy (non-hydrogen) atoms. The van der Waals surface area contributed by atoms with E-state index < -0.39 is 0 Å². The average molecular weight is 262 g/mol. The number of hydrogen-bond acceptors (Lipinski definition) is 0. The fraction of sp³-hybridized carbons (Fsp3) is 0.722. The van der Waals surface area contributed by atoms with E-state index in [-0.39, 0.29) is 0 Å². The molecule has 0 saturated carbocycles. The molecule has 0 saturated heterocycles. The highest BCUT2D eigenvalue weighted by Crippen LogP contribution is 2.10. The number of unbranched alkanes of at least 4 members (excludes halogenated alkanes) is 7. The molecule has 1 heteroatoms. The lowest BCUT2D eigenvalue weighted by atomic mass is 10.1. The zero-order valence-corrected chi connectivity index (χ0v) is 13.5. The minimum atomic E-state index is 1.18. The summed E-state index contributed by atoms with van der Waals surface area (Å²) in [5.41, 5.74) is 4.29. The molecule has 0 fully saturated rings. The average Bonchev–Trinajstić information content (AvgIpc) is 2.41. The van der Waals surface area contributed by atoms with Gasteiger partial charge >= 0.3 is 0 Å². The number of pyridine rings is 1. The third-order valence-electron chi connectivity index (χ3n) is 4.32. The van der Waals surface area contributed by atoms with Crippen molar-refractivity contribution in [1.82, 2.24) is 0 Å². The molecule has 1 aromatic heterocycles. The van der Waals surface area contributed by atoms with E-state index in [0.717, 1.165) is 0 Å². The van der Waals surface area contributed by atoms with E-state index in [1.54, 1.807) is 0 Å². The Balaban J connectivity index is 2.18. The molecule has 0 radical (unpaired) electrons. The Morgan fingerprint density at radius 2 is 1.42 bits per heavy atom. The summed E-state index contributed by atoms with van der Waals surface area (Å²) in [4.78, 5) is 0. The van der Waals surface area contributed by atoms with Crippen LogP contribution in [-0.2, 0) is 6.54 Å². The van der Waals surface area contributed by atoms with Crippen molar-refractivity contribution in [3.8, 4) is 0 Å². The van der Waals surface area contributed by atoms with Crippen LogP contribution in [0.5, 0.6) is 0 Å². The lowest BCUT2D eigenvalue weighted by Crippen LogP contribution is -2.37. The molecule has 0 aliphatic carbocycles. The van der Waals surface area contributed by atoms with Crippen molar-refractivity contribution in [2.24, 2.45) is 0 Å². The van der Waals surface area contributed by atoms with Crippen LogP contribution in [0.1, 0.15) is 75.1 Å². The molecule has 1 aromatic rings. The normalized spacial score (nSPS) is 10.9. The van der Waals surface area contributed by atoms with Crippen molar-refractivity contribution in [2.45, 2.75) is 85.6 Å². The van der Waals surface area contributed by atoms with Gasteiger partial charge in [-0.15, -0.1) is 0 Å². The van der Waals surface area contributed by atoms with E-state index in [9.17, 15) is 0 Å². The van der Waals surface area contributed by atoms with Crippen LogP contribution in [0, 0.1) is 20.8 Å². The van der Waals surface area contributed by atoms with Gasteiger partial charge in [-0.3, -0.25) is 0 Å². The minimum Gasteiger partial charge on any atom is -0.202 e. The highest BCUT2D eigenvalue weighted by Gasteiger charge is 2.09. The number of hydrogen-bond donors (Lipinski definition) is 0. The lowest BCUT2D eigenvalue weighted by Gasteiger charge is -2.05. The summed E-state index contributed by atoms with van der Waals surface area (Å²) in [5, 5.41) is 0. The fourth-order valence-electron chi connectivity index (χ4n) is 2.60. The second-order valence-electron chi connectivity index (χ2n) is 5.88. The first kappa shape index (κ1) is 16.2. The van der Waals surface area contributed by atoms with Gasteiger partial charge in [-0.1, -0.05) is 45.4 Å². The van der Waals surface area contributed by atoms with Gasteiger partial charge in [0.25, 0.3) is 0 Å². The molecular formula is C18H32N+. The SMILES string of the molecule is CCCCCCCCCC[n+]1ccc(C)c(C)c1C. The van der Waals surface area contributed by atoms with Crippen molar-refractivity contribution in [2.75, 3.05) is 0 Å². The quantitative estimate of drug-likeness (QED) is 0.433. The highest BCUT2D eigenvalue weighted by molar-refractivity contribution is 5.22. The van der Waals surface area contributed by atoms with Gasteiger partial charge < -0.3 is 0 Å². The Labute approximate surface area is 120 Å². The van der Waals surface area contributed by atoms with Crippen molar-refractivity contribution < 1.29 is 4.57 Å². The van der Waals surface area contributed by atoms with Gasteiger partial charge in [0.15, 0.2) is 11.9 Å². The van der Waals surface area contributed by atoms with Crippen LogP contribution >= 0.6 is 0 Å². The van der Waals surface area contributed by atoms with Crippen molar-refractivity contribution in [3.63, 3.8) is 0 Å². The maximum absolute atomic E-state index is 2.42. The Kier molecular flexibility index (Phi) is 7.78. The van der Waals surface area contributed by atoms with Crippen molar-refractivity contribution in [3.05, 3.63) is 29.1 Å². The summed E-state index contributed by atoms with van der Waals surface area (Å²) in [7, 11) is 0. The summed E-state index contributed by atoms with van der Waals surface area (Å²) in [5.74, 6) is 0.